The van der Waals surface area contributed by atoms with Crippen molar-refractivity contribution in [3.05, 3.63) is 65.9 Å². The molecule has 0 atom stereocenters. The predicted octanol–water partition coefficient (Wildman–Crippen LogP) is 2.89. The average molecular weight is 428 g/mol. The van der Waals surface area contributed by atoms with Crippen LogP contribution < -0.4 is 10.2 Å². The Bertz CT molecular complexity index is 1020. The molecule has 30 heavy (non-hydrogen) atoms. The molecule has 4 rings (SSSR count). The summed E-state index contributed by atoms with van der Waals surface area (Å²) in [5.74, 6) is 0.298. The molecule has 1 aromatic carbocycles. The third-order valence-corrected chi connectivity index (χ3v) is 5.48. The summed E-state index contributed by atoms with van der Waals surface area (Å²) in [5, 5.41) is 3.61. The van der Waals surface area contributed by atoms with Crippen molar-refractivity contribution in [2.75, 3.05) is 37.5 Å². The number of nitrogens with zero attached hydrogens (tertiary/aromatic N) is 4. The van der Waals surface area contributed by atoms with Gasteiger partial charge in [0, 0.05) is 31.5 Å². The lowest BCUT2D eigenvalue weighted by atomic mass is 10.2. The number of carbonyl (C=O) groups is 1. The number of carbonyl (C=O) groups excluding carboxylic acids is 1. The first-order chi connectivity index (χ1) is 14.7. The van der Waals surface area contributed by atoms with Gasteiger partial charge in [-0.25, -0.2) is 14.4 Å². The summed E-state index contributed by atoms with van der Waals surface area (Å²) in [6.45, 7) is 3.34. The normalized spacial score (nSPS) is 14.0. The van der Waals surface area contributed by atoms with E-state index in [1.165, 1.54) is 30.1 Å². The first kappa shape index (κ1) is 20.4. The van der Waals surface area contributed by atoms with Gasteiger partial charge in [0.2, 0.25) is 0 Å². The van der Waals surface area contributed by atoms with Crippen LogP contribution >= 0.6 is 11.8 Å². The molecule has 1 N–H and O–H groups in total. The Kier molecular flexibility index (Phi) is 6.29. The van der Waals surface area contributed by atoms with Crippen LogP contribution in [0.1, 0.15) is 16.1 Å². The molecule has 0 spiro atoms. The van der Waals surface area contributed by atoms with Gasteiger partial charge in [-0.2, -0.15) is 0 Å². The maximum absolute atomic E-state index is 13.3. The first-order valence-electron chi connectivity index (χ1n) is 9.59. The van der Waals surface area contributed by atoms with Crippen LogP contribution in [0.15, 0.2) is 53.9 Å². The molecular weight excluding hydrogens is 405 g/mol. The van der Waals surface area contributed by atoms with E-state index in [2.05, 4.69) is 20.2 Å². The minimum atomic E-state index is -0.329. The van der Waals surface area contributed by atoms with Crippen LogP contribution in [0.4, 0.5) is 10.2 Å². The molecule has 0 saturated carbocycles. The molecule has 3 heterocycles. The minimum Gasteiger partial charge on any atom is -0.378 e. The third kappa shape index (κ3) is 4.47. The fourth-order valence-electron chi connectivity index (χ4n) is 3.29. The van der Waals surface area contributed by atoms with E-state index in [1.807, 2.05) is 18.4 Å². The zero-order chi connectivity index (χ0) is 20.9. The maximum atomic E-state index is 13.3. The van der Waals surface area contributed by atoms with E-state index in [-0.39, 0.29) is 11.7 Å². The molecule has 0 bridgehead atoms. The smallest absolute Gasteiger partial charge is 0.270 e. The minimum absolute atomic E-state index is 0.253. The summed E-state index contributed by atoms with van der Waals surface area (Å²) in [6, 6.07) is 9.86. The quantitative estimate of drug-likeness (QED) is 0.610. The van der Waals surface area contributed by atoms with E-state index >= 15 is 0 Å². The number of thioether (sulfide) groups is 1. The number of ether oxygens (including phenoxy) is 1. The van der Waals surface area contributed by atoms with Crippen LogP contribution in [0.5, 0.6) is 0 Å². The molecule has 7 nitrogen and oxygen atoms in total. The Morgan fingerprint density at radius 3 is 2.70 bits per heavy atom. The monoisotopic (exact) mass is 427 g/mol. The van der Waals surface area contributed by atoms with Crippen LogP contribution in [0.25, 0.3) is 5.69 Å². The van der Waals surface area contributed by atoms with E-state index in [4.69, 9.17) is 4.74 Å². The van der Waals surface area contributed by atoms with Gasteiger partial charge in [-0.3, -0.25) is 9.36 Å². The van der Waals surface area contributed by atoms with Crippen LogP contribution in [0.3, 0.4) is 0 Å². The van der Waals surface area contributed by atoms with Crippen LogP contribution in [0, 0.1) is 5.82 Å². The number of morpholine rings is 1. The van der Waals surface area contributed by atoms with Gasteiger partial charge in [0.05, 0.1) is 19.4 Å². The van der Waals surface area contributed by atoms with Crippen molar-refractivity contribution in [1.29, 1.82) is 0 Å². The number of aromatic nitrogens is 3. The topological polar surface area (TPSA) is 72.3 Å². The molecule has 9 heteroatoms. The summed E-state index contributed by atoms with van der Waals surface area (Å²) in [6.07, 6.45) is 5.17. The molecule has 1 aliphatic heterocycles. The second kappa shape index (κ2) is 9.27. The molecule has 1 aliphatic rings. The highest BCUT2D eigenvalue weighted by molar-refractivity contribution is 7.98. The summed E-state index contributed by atoms with van der Waals surface area (Å²) >= 11 is 1.42. The highest BCUT2D eigenvalue weighted by Crippen LogP contribution is 2.22. The second-order valence-electron chi connectivity index (χ2n) is 6.75. The number of imidazole rings is 1. The number of pyridine rings is 1. The Hall–Kier alpha value is -2.91. The van der Waals surface area contributed by atoms with Crippen molar-refractivity contribution in [3.63, 3.8) is 0 Å². The molecule has 3 aromatic rings. The predicted molar refractivity (Wildman–Crippen MR) is 114 cm³/mol. The molecular formula is C21H22FN5O2S. The Morgan fingerprint density at radius 1 is 1.20 bits per heavy atom. The number of rotatable bonds is 6. The van der Waals surface area contributed by atoms with Gasteiger partial charge in [0.25, 0.3) is 5.91 Å². The number of anilines is 1. The highest BCUT2D eigenvalue weighted by Gasteiger charge is 2.18. The molecule has 2 aromatic heterocycles. The van der Waals surface area contributed by atoms with Crippen molar-refractivity contribution in [2.24, 2.45) is 0 Å². The van der Waals surface area contributed by atoms with Crippen molar-refractivity contribution in [3.8, 4) is 5.69 Å². The van der Waals surface area contributed by atoms with Gasteiger partial charge >= 0.3 is 0 Å². The van der Waals surface area contributed by atoms with Crippen molar-refractivity contribution in [1.82, 2.24) is 19.9 Å². The lowest BCUT2D eigenvalue weighted by molar-refractivity contribution is 0.0943. The molecule has 156 valence electrons. The lowest BCUT2D eigenvalue weighted by Gasteiger charge is -2.28. The van der Waals surface area contributed by atoms with E-state index in [0.717, 1.165) is 24.5 Å². The van der Waals surface area contributed by atoms with E-state index in [9.17, 15) is 9.18 Å². The standard InChI is InChI=1S/C21H22FN5O2S/c1-30-21-25-14-18(27(21)17-4-2-16(22)3-5-17)20(28)24-13-15-6-7-23-19(12-15)26-8-10-29-11-9-26/h2-7,12,14H,8-11,13H2,1H3,(H,24,28). The average Bonchev–Trinajstić information content (AvgIpc) is 3.23. The number of hydrogen-bond donors (Lipinski definition) is 1. The Balaban J connectivity index is 1.50. The van der Waals surface area contributed by atoms with Crippen LogP contribution in [0.2, 0.25) is 0 Å². The summed E-state index contributed by atoms with van der Waals surface area (Å²) in [4.78, 5) is 23.8. The Labute approximate surface area is 178 Å². The molecule has 0 radical (unpaired) electrons. The van der Waals surface area contributed by atoms with E-state index in [1.54, 1.807) is 22.9 Å². The van der Waals surface area contributed by atoms with E-state index < -0.39 is 0 Å². The zero-order valence-corrected chi connectivity index (χ0v) is 17.4. The largest absolute Gasteiger partial charge is 0.378 e. The van der Waals surface area contributed by atoms with Crippen molar-refractivity contribution >= 4 is 23.5 Å². The number of amides is 1. The van der Waals surface area contributed by atoms with Crippen molar-refractivity contribution < 1.29 is 13.9 Å². The Morgan fingerprint density at radius 2 is 1.97 bits per heavy atom. The fraction of sp³-hybridized carbons (Fsp3) is 0.286. The second-order valence-corrected chi connectivity index (χ2v) is 7.52. The lowest BCUT2D eigenvalue weighted by Crippen LogP contribution is -2.36. The van der Waals surface area contributed by atoms with Crippen molar-refractivity contribution in [2.45, 2.75) is 11.7 Å². The summed E-state index contributed by atoms with van der Waals surface area (Å²) in [5.41, 5.74) is 2.04. The van der Waals surface area contributed by atoms with E-state index in [0.29, 0.717) is 36.3 Å². The van der Waals surface area contributed by atoms with Crippen LogP contribution in [-0.4, -0.2) is 53.0 Å². The maximum Gasteiger partial charge on any atom is 0.270 e. The van der Waals surface area contributed by atoms with Gasteiger partial charge in [-0.1, -0.05) is 11.8 Å². The van der Waals surface area contributed by atoms with Gasteiger partial charge < -0.3 is 15.0 Å². The number of hydrogen-bond acceptors (Lipinski definition) is 6. The highest BCUT2D eigenvalue weighted by atomic mass is 32.2. The number of halogens is 1. The van der Waals surface area contributed by atoms with Gasteiger partial charge in [0.15, 0.2) is 5.16 Å². The summed E-state index contributed by atoms with van der Waals surface area (Å²) < 4.78 is 20.4. The fourth-order valence-corrected chi connectivity index (χ4v) is 3.83. The van der Waals surface area contributed by atoms with Gasteiger partial charge in [0.1, 0.15) is 17.3 Å². The molecule has 0 aliphatic carbocycles. The molecule has 0 unspecified atom stereocenters. The zero-order valence-electron chi connectivity index (χ0n) is 16.5. The SMILES string of the molecule is CSc1ncc(C(=O)NCc2ccnc(N3CCOCC3)c2)n1-c1ccc(F)cc1. The van der Waals surface area contributed by atoms with Gasteiger partial charge in [-0.05, 0) is 48.2 Å². The molecule has 1 fully saturated rings. The van der Waals surface area contributed by atoms with Gasteiger partial charge in [-0.15, -0.1) is 0 Å². The number of benzene rings is 1. The molecule has 1 amide bonds. The first-order valence-corrected chi connectivity index (χ1v) is 10.8. The van der Waals surface area contributed by atoms with Crippen LogP contribution in [-0.2, 0) is 11.3 Å². The number of nitrogens with one attached hydrogen (secondary N) is 1. The molecule has 1 saturated heterocycles. The summed E-state index contributed by atoms with van der Waals surface area (Å²) in [7, 11) is 0. The third-order valence-electron chi connectivity index (χ3n) is 4.83.